The Balaban J connectivity index is 1.47. The second kappa shape index (κ2) is 9.46. The Hall–Kier alpha value is -5.68. The summed E-state index contributed by atoms with van der Waals surface area (Å²) in [6.07, 6.45) is 0. The second-order valence-electron chi connectivity index (χ2n) is 10.3. The predicted octanol–water partition coefficient (Wildman–Crippen LogP) is 10.7. The minimum Gasteiger partial charge on any atom is -0.456 e. The molecule has 2 aromatic heterocycles. The molecular formula is C38H20N2OS. The van der Waals surface area contributed by atoms with Crippen LogP contribution >= 0.6 is 11.3 Å². The van der Waals surface area contributed by atoms with Gasteiger partial charge in [0.1, 0.15) is 17.2 Å². The molecule has 42 heavy (non-hydrogen) atoms. The van der Waals surface area contributed by atoms with Crippen molar-refractivity contribution in [2.75, 3.05) is 0 Å². The molecule has 0 saturated heterocycles. The summed E-state index contributed by atoms with van der Waals surface area (Å²) < 4.78 is 8.50. The molecule has 194 valence electrons. The van der Waals surface area contributed by atoms with Crippen LogP contribution in [-0.2, 0) is 0 Å². The number of nitrogens with zero attached hydrogens (tertiary/aromatic N) is 2. The Labute approximate surface area is 245 Å². The molecule has 0 aliphatic rings. The Morgan fingerprint density at radius 3 is 2.14 bits per heavy atom. The van der Waals surface area contributed by atoms with Gasteiger partial charge in [0.25, 0.3) is 0 Å². The summed E-state index contributed by atoms with van der Waals surface area (Å²) in [6, 6.07) is 45.6. The number of benzene rings is 6. The summed E-state index contributed by atoms with van der Waals surface area (Å²) in [7, 11) is 0. The summed E-state index contributed by atoms with van der Waals surface area (Å²) in [5.74, 6) is 0. The number of nitriles is 2. The summed E-state index contributed by atoms with van der Waals surface area (Å²) >= 11 is 1.76. The Morgan fingerprint density at radius 2 is 1.26 bits per heavy atom. The summed E-state index contributed by atoms with van der Waals surface area (Å²) in [4.78, 5) is 0. The molecule has 0 aliphatic heterocycles. The third-order valence-electron chi connectivity index (χ3n) is 7.96. The van der Waals surface area contributed by atoms with Gasteiger partial charge in [-0.05, 0) is 76.9 Å². The topological polar surface area (TPSA) is 60.7 Å². The van der Waals surface area contributed by atoms with E-state index in [9.17, 15) is 10.5 Å². The minimum absolute atomic E-state index is 0.595. The first-order chi connectivity index (χ1) is 20.7. The van der Waals surface area contributed by atoms with E-state index in [1.54, 1.807) is 11.3 Å². The molecule has 3 nitrogen and oxygen atoms in total. The molecule has 0 radical (unpaired) electrons. The number of rotatable bonds is 3. The molecule has 6 aromatic carbocycles. The highest BCUT2D eigenvalue weighted by Gasteiger charge is 2.20. The fraction of sp³-hybridized carbons (Fsp3) is 0. The molecule has 0 saturated carbocycles. The van der Waals surface area contributed by atoms with Gasteiger partial charge in [0.2, 0.25) is 0 Å². The first-order valence-electron chi connectivity index (χ1n) is 13.6. The maximum absolute atomic E-state index is 10.7. The maximum Gasteiger partial charge on any atom is 0.135 e. The van der Waals surface area contributed by atoms with Gasteiger partial charge < -0.3 is 4.42 Å². The molecule has 8 aromatic rings. The molecule has 0 fully saturated rings. The second-order valence-corrected chi connectivity index (χ2v) is 11.4. The van der Waals surface area contributed by atoms with Gasteiger partial charge in [-0.2, -0.15) is 10.5 Å². The fourth-order valence-electron chi connectivity index (χ4n) is 6.03. The Kier molecular flexibility index (Phi) is 5.44. The lowest BCUT2D eigenvalue weighted by atomic mass is 9.86. The monoisotopic (exact) mass is 552 g/mol. The highest BCUT2D eigenvalue weighted by Crippen LogP contribution is 2.44. The van der Waals surface area contributed by atoms with Gasteiger partial charge >= 0.3 is 0 Å². The predicted molar refractivity (Wildman–Crippen MR) is 172 cm³/mol. The molecule has 0 unspecified atom stereocenters. The van der Waals surface area contributed by atoms with Crippen molar-refractivity contribution < 1.29 is 4.42 Å². The number of fused-ring (bicyclic) bond motifs is 6. The van der Waals surface area contributed by atoms with Crippen LogP contribution in [-0.4, -0.2) is 0 Å². The normalized spacial score (nSPS) is 11.3. The average Bonchev–Trinajstić information content (AvgIpc) is 3.62. The largest absolute Gasteiger partial charge is 0.456 e. The van der Waals surface area contributed by atoms with E-state index >= 15 is 0 Å². The highest BCUT2D eigenvalue weighted by molar-refractivity contribution is 7.25. The van der Waals surface area contributed by atoms with Gasteiger partial charge in [-0.25, -0.2) is 0 Å². The first kappa shape index (κ1) is 24.1. The minimum atomic E-state index is 0.595. The Morgan fingerprint density at radius 1 is 0.500 bits per heavy atom. The van der Waals surface area contributed by atoms with Gasteiger partial charge in [-0.15, -0.1) is 11.3 Å². The van der Waals surface area contributed by atoms with Crippen LogP contribution in [0, 0.1) is 22.7 Å². The fourth-order valence-corrected chi connectivity index (χ4v) is 7.16. The van der Waals surface area contributed by atoms with Crippen molar-refractivity contribution in [1.82, 2.24) is 0 Å². The van der Waals surface area contributed by atoms with Crippen molar-refractivity contribution in [2.45, 2.75) is 0 Å². The lowest BCUT2D eigenvalue weighted by Gasteiger charge is -2.15. The van der Waals surface area contributed by atoms with Crippen LogP contribution in [0.3, 0.4) is 0 Å². The van der Waals surface area contributed by atoms with E-state index in [2.05, 4.69) is 78.9 Å². The third-order valence-corrected chi connectivity index (χ3v) is 9.09. The Bertz CT molecular complexity index is 2450. The number of furan rings is 1. The van der Waals surface area contributed by atoms with Crippen LogP contribution in [0.4, 0.5) is 0 Å². The molecule has 2 heterocycles. The molecule has 0 spiro atoms. The van der Waals surface area contributed by atoms with Crippen molar-refractivity contribution in [3.63, 3.8) is 0 Å². The zero-order valence-corrected chi connectivity index (χ0v) is 23.1. The van der Waals surface area contributed by atoms with E-state index in [0.29, 0.717) is 11.1 Å². The molecule has 4 heteroatoms. The van der Waals surface area contributed by atoms with Crippen LogP contribution < -0.4 is 0 Å². The van der Waals surface area contributed by atoms with Gasteiger partial charge in [0.05, 0.1) is 17.2 Å². The molecule has 0 atom stereocenters. The van der Waals surface area contributed by atoms with E-state index in [1.165, 1.54) is 14.8 Å². The summed E-state index contributed by atoms with van der Waals surface area (Å²) in [5.41, 5.74) is 8.42. The van der Waals surface area contributed by atoms with Crippen molar-refractivity contribution in [2.24, 2.45) is 0 Å². The third kappa shape index (κ3) is 3.71. The zero-order chi connectivity index (χ0) is 28.2. The zero-order valence-electron chi connectivity index (χ0n) is 22.3. The van der Waals surface area contributed by atoms with Crippen molar-refractivity contribution in [3.05, 3.63) is 132 Å². The van der Waals surface area contributed by atoms with E-state index < -0.39 is 0 Å². The number of para-hydroxylation sites is 1. The smallest absolute Gasteiger partial charge is 0.135 e. The van der Waals surface area contributed by atoms with Gasteiger partial charge in [-0.3, -0.25) is 0 Å². The van der Waals surface area contributed by atoms with Crippen LogP contribution in [0.5, 0.6) is 0 Å². The lowest BCUT2D eigenvalue weighted by Crippen LogP contribution is -1.93. The molecule has 0 amide bonds. The molecule has 0 bridgehead atoms. The van der Waals surface area contributed by atoms with Gasteiger partial charge in [0.15, 0.2) is 0 Å². The van der Waals surface area contributed by atoms with E-state index in [-0.39, 0.29) is 0 Å². The summed E-state index contributed by atoms with van der Waals surface area (Å²) in [6.45, 7) is 0. The lowest BCUT2D eigenvalue weighted by molar-refractivity contribution is 0.669. The average molecular weight is 553 g/mol. The summed E-state index contributed by atoms with van der Waals surface area (Å²) in [5, 5.41) is 24.7. The SMILES string of the molecule is N#Cc1cccc(-c2cc(-c3ccc4oc5ccccc5c4c3)c(C#N)c(-c3cccc4sc5ccccc5c34)c2)c1. The molecular weight excluding hydrogens is 532 g/mol. The maximum atomic E-state index is 10.7. The number of hydrogen-bond donors (Lipinski definition) is 0. The van der Waals surface area contributed by atoms with Crippen LogP contribution in [0.1, 0.15) is 11.1 Å². The van der Waals surface area contributed by atoms with Crippen molar-refractivity contribution in [3.8, 4) is 45.5 Å². The van der Waals surface area contributed by atoms with Crippen LogP contribution in [0.15, 0.2) is 126 Å². The van der Waals surface area contributed by atoms with E-state index in [0.717, 1.165) is 60.7 Å². The van der Waals surface area contributed by atoms with Crippen LogP contribution in [0.25, 0.3) is 75.5 Å². The van der Waals surface area contributed by atoms with Crippen molar-refractivity contribution >= 4 is 53.4 Å². The number of hydrogen-bond acceptors (Lipinski definition) is 4. The molecule has 0 N–H and O–H groups in total. The number of thiophene rings is 1. The van der Waals surface area contributed by atoms with E-state index in [1.807, 2.05) is 54.6 Å². The van der Waals surface area contributed by atoms with Crippen molar-refractivity contribution in [1.29, 1.82) is 10.5 Å². The quantitative estimate of drug-likeness (QED) is 0.219. The standard InChI is InChI=1S/C38H20N2OS/c39-21-23-7-5-8-24(17-23)26-19-30(25-15-16-35-32(18-25)27-9-1-3-12-34(27)41-35)33(22-40)31(20-26)28-11-6-14-37-38(28)29-10-2-4-13-36(29)42-37/h1-20H. The molecule has 8 rings (SSSR count). The first-order valence-corrected chi connectivity index (χ1v) is 14.4. The van der Waals surface area contributed by atoms with E-state index in [4.69, 9.17) is 4.42 Å². The molecule has 0 aliphatic carbocycles. The highest BCUT2D eigenvalue weighted by atomic mass is 32.1. The van der Waals surface area contributed by atoms with Gasteiger partial charge in [-0.1, -0.05) is 66.7 Å². The van der Waals surface area contributed by atoms with Crippen LogP contribution in [0.2, 0.25) is 0 Å². The van der Waals surface area contributed by atoms with Gasteiger partial charge in [0, 0.05) is 42.1 Å².